The second-order valence-electron chi connectivity index (χ2n) is 2.04. The molecule has 0 saturated carbocycles. The molecule has 0 bridgehead atoms. The molecular weight excluding hydrogens is 127 g/mol. The van der Waals surface area contributed by atoms with Crippen molar-refractivity contribution in [3.8, 4) is 0 Å². The standard InChI is InChI=1S/C10H10.Li/c1-3-9-7-5-6-8-10(9)4-2;/h3-8H,1-2H2;/q;+1. The molecule has 1 aromatic rings. The molecule has 0 nitrogen and oxygen atoms in total. The number of hydrogen-bond acceptors (Lipinski definition) is 0. The van der Waals surface area contributed by atoms with Gasteiger partial charge in [-0.3, -0.25) is 0 Å². The summed E-state index contributed by atoms with van der Waals surface area (Å²) in [5, 5.41) is 0. The van der Waals surface area contributed by atoms with Gasteiger partial charge in [-0.1, -0.05) is 49.6 Å². The van der Waals surface area contributed by atoms with E-state index in [-0.39, 0.29) is 18.9 Å². The van der Waals surface area contributed by atoms with Gasteiger partial charge in [-0.2, -0.15) is 0 Å². The Labute approximate surface area is 79.8 Å². The quantitative estimate of drug-likeness (QED) is 0.502. The van der Waals surface area contributed by atoms with Gasteiger partial charge in [-0.15, -0.1) is 0 Å². The minimum absolute atomic E-state index is 0. The molecule has 0 amide bonds. The van der Waals surface area contributed by atoms with E-state index < -0.39 is 0 Å². The van der Waals surface area contributed by atoms with E-state index >= 15 is 0 Å². The molecule has 0 aromatic heterocycles. The number of rotatable bonds is 2. The summed E-state index contributed by atoms with van der Waals surface area (Å²) in [6.07, 6.45) is 3.66. The molecule has 0 N–H and O–H groups in total. The van der Waals surface area contributed by atoms with E-state index in [1.807, 2.05) is 36.4 Å². The first-order chi connectivity index (χ1) is 4.88. The second-order valence-corrected chi connectivity index (χ2v) is 2.04. The maximum absolute atomic E-state index is 3.69. The molecular formula is C10H10Li+. The van der Waals surface area contributed by atoms with Crippen LogP contribution in [0.15, 0.2) is 37.4 Å². The summed E-state index contributed by atoms with van der Waals surface area (Å²) in [5.41, 5.74) is 2.27. The fraction of sp³-hybridized carbons (Fsp3) is 0. The Hall–Kier alpha value is -0.703. The van der Waals surface area contributed by atoms with Crippen molar-refractivity contribution in [2.75, 3.05) is 0 Å². The predicted molar refractivity (Wildman–Crippen MR) is 46.6 cm³/mol. The first-order valence-electron chi connectivity index (χ1n) is 3.22. The van der Waals surface area contributed by atoms with Gasteiger partial charge in [0.05, 0.1) is 0 Å². The van der Waals surface area contributed by atoms with Gasteiger partial charge >= 0.3 is 18.9 Å². The number of benzene rings is 1. The molecule has 0 aliphatic carbocycles. The van der Waals surface area contributed by atoms with Crippen LogP contribution in [0.25, 0.3) is 12.2 Å². The van der Waals surface area contributed by atoms with Gasteiger partial charge in [-0.25, -0.2) is 0 Å². The Balaban J connectivity index is 0.000001000. The molecule has 50 valence electrons. The van der Waals surface area contributed by atoms with E-state index in [0.29, 0.717) is 0 Å². The van der Waals surface area contributed by atoms with E-state index in [1.54, 1.807) is 0 Å². The predicted octanol–water partition coefficient (Wildman–Crippen LogP) is -0.0234. The van der Waals surface area contributed by atoms with Crippen molar-refractivity contribution < 1.29 is 18.9 Å². The average Bonchev–Trinajstić information content (AvgIpc) is 2.04. The molecule has 0 saturated heterocycles. The van der Waals surface area contributed by atoms with Crippen molar-refractivity contribution in [1.29, 1.82) is 0 Å². The van der Waals surface area contributed by atoms with Gasteiger partial charge in [0, 0.05) is 0 Å². The zero-order chi connectivity index (χ0) is 7.40. The van der Waals surface area contributed by atoms with Crippen LogP contribution >= 0.6 is 0 Å². The third kappa shape index (κ3) is 2.42. The van der Waals surface area contributed by atoms with Crippen LogP contribution in [0.2, 0.25) is 0 Å². The van der Waals surface area contributed by atoms with Crippen LogP contribution in [0.4, 0.5) is 0 Å². The van der Waals surface area contributed by atoms with Crippen LogP contribution in [0.3, 0.4) is 0 Å². The summed E-state index contributed by atoms with van der Waals surface area (Å²) in [7, 11) is 0. The minimum atomic E-state index is 0. The van der Waals surface area contributed by atoms with Crippen molar-refractivity contribution in [2.45, 2.75) is 0 Å². The SMILES string of the molecule is C=Cc1ccccc1C=C.[Li+]. The summed E-state index contributed by atoms with van der Waals surface area (Å²) in [4.78, 5) is 0. The monoisotopic (exact) mass is 137 g/mol. The van der Waals surface area contributed by atoms with Crippen molar-refractivity contribution in [1.82, 2.24) is 0 Å². The van der Waals surface area contributed by atoms with E-state index in [0.717, 1.165) is 11.1 Å². The smallest absolute Gasteiger partial charge is 0.0984 e. The van der Waals surface area contributed by atoms with Crippen molar-refractivity contribution in [3.05, 3.63) is 48.6 Å². The van der Waals surface area contributed by atoms with Gasteiger partial charge in [0.15, 0.2) is 0 Å². The van der Waals surface area contributed by atoms with E-state index in [1.165, 1.54) is 0 Å². The van der Waals surface area contributed by atoms with Gasteiger partial charge < -0.3 is 0 Å². The van der Waals surface area contributed by atoms with Crippen LogP contribution < -0.4 is 18.9 Å². The third-order valence-corrected chi connectivity index (χ3v) is 1.44. The van der Waals surface area contributed by atoms with Gasteiger partial charge in [-0.05, 0) is 11.1 Å². The van der Waals surface area contributed by atoms with Crippen LogP contribution in [0.5, 0.6) is 0 Å². The summed E-state index contributed by atoms with van der Waals surface area (Å²) in [5.74, 6) is 0. The molecule has 0 heterocycles. The molecule has 1 heteroatoms. The van der Waals surface area contributed by atoms with E-state index in [9.17, 15) is 0 Å². The molecule has 0 fully saturated rings. The largest absolute Gasteiger partial charge is 1.00 e. The zero-order valence-electron chi connectivity index (χ0n) is 6.88. The Kier molecular flexibility index (Phi) is 4.69. The molecule has 0 atom stereocenters. The first kappa shape index (κ1) is 10.3. The van der Waals surface area contributed by atoms with Gasteiger partial charge in [0.2, 0.25) is 0 Å². The normalized spacial score (nSPS) is 8.00. The van der Waals surface area contributed by atoms with E-state index in [2.05, 4.69) is 13.2 Å². The zero-order valence-corrected chi connectivity index (χ0v) is 6.88. The molecule has 0 aliphatic rings. The minimum Gasteiger partial charge on any atom is -0.0984 e. The van der Waals surface area contributed by atoms with Crippen molar-refractivity contribution >= 4 is 12.2 Å². The molecule has 0 aliphatic heterocycles. The van der Waals surface area contributed by atoms with Crippen LogP contribution in [0, 0.1) is 0 Å². The van der Waals surface area contributed by atoms with E-state index in [4.69, 9.17) is 0 Å². The Bertz CT molecular complexity index is 224. The molecule has 1 rings (SSSR count). The Morgan fingerprint density at radius 2 is 1.27 bits per heavy atom. The van der Waals surface area contributed by atoms with Crippen LogP contribution in [-0.2, 0) is 0 Å². The van der Waals surface area contributed by atoms with Gasteiger partial charge in [0.25, 0.3) is 0 Å². The average molecular weight is 137 g/mol. The fourth-order valence-corrected chi connectivity index (χ4v) is 0.883. The molecule has 0 radical (unpaired) electrons. The maximum atomic E-state index is 3.69. The molecule has 0 unspecified atom stereocenters. The Morgan fingerprint density at radius 3 is 1.55 bits per heavy atom. The summed E-state index contributed by atoms with van der Waals surface area (Å²) >= 11 is 0. The maximum Gasteiger partial charge on any atom is 1.00 e. The first-order valence-corrected chi connectivity index (χ1v) is 3.22. The molecule has 11 heavy (non-hydrogen) atoms. The third-order valence-electron chi connectivity index (χ3n) is 1.44. The van der Waals surface area contributed by atoms with Gasteiger partial charge in [0.1, 0.15) is 0 Å². The van der Waals surface area contributed by atoms with Crippen molar-refractivity contribution in [2.24, 2.45) is 0 Å². The fourth-order valence-electron chi connectivity index (χ4n) is 0.883. The second kappa shape index (κ2) is 5.02. The molecule has 0 spiro atoms. The molecule has 1 aromatic carbocycles. The van der Waals surface area contributed by atoms with Crippen LogP contribution in [-0.4, -0.2) is 0 Å². The topological polar surface area (TPSA) is 0 Å². The summed E-state index contributed by atoms with van der Waals surface area (Å²) in [6.45, 7) is 7.38. The summed E-state index contributed by atoms with van der Waals surface area (Å²) in [6, 6.07) is 8.02. The number of hydrogen-bond donors (Lipinski definition) is 0. The van der Waals surface area contributed by atoms with Crippen molar-refractivity contribution in [3.63, 3.8) is 0 Å². The Morgan fingerprint density at radius 1 is 0.909 bits per heavy atom. The van der Waals surface area contributed by atoms with Crippen LogP contribution in [0.1, 0.15) is 11.1 Å². The summed E-state index contributed by atoms with van der Waals surface area (Å²) < 4.78 is 0.